The average Bonchev–Trinajstić information content (AvgIpc) is 2.91. The molecule has 0 unspecified atom stereocenters. The molecule has 0 atom stereocenters. The van der Waals surface area contributed by atoms with E-state index in [-0.39, 0.29) is 12.5 Å². The zero-order chi connectivity index (χ0) is 16.2. The number of benzene rings is 1. The predicted octanol–water partition coefficient (Wildman–Crippen LogP) is 2.67. The normalized spacial score (nSPS) is 10.7. The maximum Gasteiger partial charge on any atom is 0.326 e. The van der Waals surface area contributed by atoms with Crippen molar-refractivity contribution in [1.29, 1.82) is 0 Å². The summed E-state index contributed by atoms with van der Waals surface area (Å²) in [4.78, 5) is 22.7. The molecule has 0 bridgehead atoms. The number of esters is 1. The van der Waals surface area contributed by atoms with Crippen LogP contribution in [-0.4, -0.2) is 33.7 Å². The Kier molecular flexibility index (Phi) is 4.23. The van der Waals surface area contributed by atoms with Crippen LogP contribution in [0.4, 0.5) is 11.8 Å². The van der Waals surface area contributed by atoms with Gasteiger partial charge in [-0.2, -0.15) is 0 Å². The summed E-state index contributed by atoms with van der Waals surface area (Å²) in [5.41, 5.74) is 1.86. The Balaban J connectivity index is 2.06. The molecule has 0 spiro atoms. The van der Waals surface area contributed by atoms with E-state index in [2.05, 4.69) is 9.97 Å². The number of aromatic nitrogens is 3. The number of rotatable bonds is 5. The molecule has 0 saturated carbocycles. The number of aryl methyl sites for hydroxylation is 1. The Bertz CT molecular complexity index is 814. The first kappa shape index (κ1) is 15.0. The number of hydrogen-bond donors (Lipinski definition) is 0. The summed E-state index contributed by atoms with van der Waals surface area (Å²) in [6.45, 7) is 2.19. The van der Waals surface area contributed by atoms with Crippen LogP contribution in [-0.2, 0) is 16.6 Å². The van der Waals surface area contributed by atoms with E-state index in [1.807, 2.05) is 54.1 Å². The highest BCUT2D eigenvalue weighted by Gasteiger charge is 2.21. The number of para-hydroxylation sites is 2. The van der Waals surface area contributed by atoms with Crippen LogP contribution in [0.1, 0.15) is 6.92 Å². The molecule has 0 aliphatic heterocycles. The van der Waals surface area contributed by atoms with Crippen molar-refractivity contribution in [1.82, 2.24) is 14.5 Å². The number of fused-ring (bicyclic) bond motifs is 1. The predicted molar refractivity (Wildman–Crippen MR) is 88.6 cm³/mol. The van der Waals surface area contributed by atoms with Crippen molar-refractivity contribution in [3.8, 4) is 0 Å². The molecule has 6 heteroatoms. The number of carbonyl (C=O) groups excluding carboxylic acids is 1. The maximum atomic E-state index is 12.0. The molecule has 0 saturated heterocycles. The smallest absolute Gasteiger partial charge is 0.326 e. The Morgan fingerprint density at radius 1 is 1.22 bits per heavy atom. The standard InChI is InChI=1S/C17H18N4O2/c1-3-23-16(22)12-21(15-10-6-7-11-18-15)17-19-13-8-4-5-9-14(13)20(17)2/h4-11H,3,12H2,1-2H3. The van der Waals surface area contributed by atoms with E-state index in [1.165, 1.54) is 0 Å². The van der Waals surface area contributed by atoms with E-state index < -0.39 is 0 Å². The van der Waals surface area contributed by atoms with Crippen LogP contribution in [0.2, 0.25) is 0 Å². The number of nitrogens with zero attached hydrogens (tertiary/aromatic N) is 4. The molecule has 118 valence electrons. The van der Waals surface area contributed by atoms with E-state index in [0.29, 0.717) is 18.4 Å². The highest BCUT2D eigenvalue weighted by atomic mass is 16.5. The van der Waals surface area contributed by atoms with Crippen LogP contribution in [0.25, 0.3) is 11.0 Å². The summed E-state index contributed by atoms with van der Waals surface area (Å²) in [6.07, 6.45) is 1.69. The molecule has 3 rings (SSSR count). The molecule has 0 N–H and O–H groups in total. The molecule has 0 fully saturated rings. The van der Waals surface area contributed by atoms with Gasteiger partial charge in [0.2, 0.25) is 5.95 Å². The Hall–Kier alpha value is -2.89. The highest BCUT2D eigenvalue weighted by Crippen LogP contribution is 2.26. The third-order valence-corrected chi connectivity index (χ3v) is 3.52. The second-order valence-electron chi connectivity index (χ2n) is 5.04. The lowest BCUT2D eigenvalue weighted by molar-refractivity contribution is -0.141. The van der Waals surface area contributed by atoms with Crippen molar-refractivity contribution in [2.45, 2.75) is 6.92 Å². The second kappa shape index (κ2) is 6.48. The van der Waals surface area contributed by atoms with Crippen LogP contribution in [0.5, 0.6) is 0 Å². The quantitative estimate of drug-likeness (QED) is 0.678. The molecular weight excluding hydrogens is 292 g/mol. The zero-order valence-electron chi connectivity index (χ0n) is 13.1. The molecule has 3 aromatic rings. The lowest BCUT2D eigenvalue weighted by Crippen LogP contribution is -2.29. The van der Waals surface area contributed by atoms with Gasteiger partial charge in [0.1, 0.15) is 12.4 Å². The van der Waals surface area contributed by atoms with Gasteiger partial charge in [0, 0.05) is 13.2 Å². The van der Waals surface area contributed by atoms with Crippen LogP contribution >= 0.6 is 0 Å². The summed E-state index contributed by atoms with van der Waals surface area (Å²) in [5.74, 6) is 0.988. The molecule has 1 aromatic carbocycles. The Labute approximate surface area is 134 Å². The van der Waals surface area contributed by atoms with Crippen molar-refractivity contribution in [3.63, 3.8) is 0 Å². The molecule has 0 aliphatic carbocycles. The fraction of sp³-hybridized carbons (Fsp3) is 0.235. The van der Waals surface area contributed by atoms with E-state index in [1.54, 1.807) is 18.0 Å². The van der Waals surface area contributed by atoms with Crippen molar-refractivity contribution in [2.24, 2.45) is 7.05 Å². The van der Waals surface area contributed by atoms with Crippen molar-refractivity contribution < 1.29 is 9.53 Å². The number of carbonyl (C=O) groups is 1. The van der Waals surface area contributed by atoms with Gasteiger partial charge in [-0.1, -0.05) is 18.2 Å². The van der Waals surface area contributed by atoms with E-state index >= 15 is 0 Å². The first-order valence-corrected chi connectivity index (χ1v) is 7.46. The van der Waals surface area contributed by atoms with E-state index in [0.717, 1.165) is 11.0 Å². The number of hydrogen-bond acceptors (Lipinski definition) is 5. The fourth-order valence-electron chi connectivity index (χ4n) is 2.48. The second-order valence-corrected chi connectivity index (χ2v) is 5.04. The van der Waals surface area contributed by atoms with Crippen molar-refractivity contribution in [3.05, 3.63) is 48.7 Å². The molecule has 2 aromatic heterocycles. The topological polar surface area (TPSA) is 60.2 Å². The summed E-state index contributed by atoms with van der Waals surface area (Å²) in [7, 11) is 1.92. The number of anilines is 2. The fourth-order valence-corrected chi connectivity index (χ4v) is 2.48. The van der Waals surface area contributed by atoms with Crippen LogP contribution in [0.15, 0.2) is 48.7 Å². The number of ether oxygens (including phenoxy) is 1. The molecule has 6 nitrogen and oxygen atoms in total. The minimum atomic E-state index is -0.315. The summed E-state index contributed by atoms with van der Waals surface area (Å²) in [6, 6.07) is 13.4. The van der Waals surface area contributed by atoms with Gasteiger partial charge in [-0.15, -0.1) is 0 Å². The molecule has 2 heterocycles. The molecular formula is C17H18N4O2. The largest absolute Gasteiger partial charge is 0.465 e. The van der Waals surface area contributed by atoms with Gasteiger partial charge in [0.05, 0.1) is 17.6 Å². The summed E-state index contributed by atoms with van der Waals surface area (Å²) in [5, 5.41) is 0. The molecule has 0 amide bonds. The van der Waals surface area contributed by atoms with Crippen LogP contribution in [0.3, 0.4) is 0 Å². The van der Waals surface area contributed by atoms with E-state index in [9.17, 15) is 4.79 Å². The lowest BCUT2D eigenvalue weighted by Gasteiger charge is -2.21. The lowest BCUT2D eigenvalue weighted by atomic mass is 10.3. The molecule has 0 aliphatic rings. The van der Waals surface area contributed by atoms with Gasteiger partial charge in [0.25, 0.3) is 0 Å². The first-order chi connectivity index (χ1) is 11.2. The Morgan fingerprint density at radius 3 is 2.70 bits per heavy atom. The third kappa shape index (κ3) is 3.01. The Morgan fingerprint density at radius 2 is 2.00 bits per heavy atom. The maximum absolute atomic E-state index is 12.0. The van der Waals surface area contributed by atoms with Gasteiger partial charge in [0.15, 0.2) is 0 Å². The summed E-state index contributed by atoms with van der Waals surface area (Å²) < 4.78 is 7.03. The zero-order valence-corrected chi connectivity index (χ0v) is 13.1. The molecule has 0 radical (unpaired) electrons. The van der Waals surface area contributed by atoms with Gasteiger partial charge in [-0.25, -0.2) is 9.97 Å². The SMILES string of the molecule is CCOC(=O)CN(c1ccccn1)c1nc2ccccc2n1C. The highest BCUT2D eigenvalue weighted by molar-refractivity contribution is 5.83. The van der Waals surface area contributed by atoms with Gasteiger partial charge in [-0.05, 0) is 31.2 Å². The number of pyridine rings is 1. The minimum Gasteiger partial charge on any atom is -0.465 e. The van der Waals surface area contributed by atoms with Crippen LogP contribution in [0, 0.1) is 0 Å². The van der Waals surface area contributed by atoms with Gasteiger partial charge >= 0.3 is 5.97 Å². The van der Waals surface area contributed by atoms with Crippen molar-refractivity contribution >= 4 is 28.8 Å². The summed E-state index contributed by atoms with van der Waals surface area (Å²) >= 11 is 0. The van der Waals surface area contributed by atoms with Gasteiger partial charge < -0.3 is 9.30 Å². The van der Waals surface area contributed by atoms with Gasteiger partial charge in [-0.3, -0.25) is 9.69 Å². The number of imidazole rings is 1. The molecule has 23 heavy (non-hydrogen) atoms. The minimum absolute atomic E-state index is 0.0576. The van der Waals surface area contributed by atoms with Crippen LogP contribution < -0.4 is 4.90 Å². The average molecular weight is 310 g/mol. The monoisotopic (exact) mass is 310 g/mol. The third-order valence-electron chi connectivity index (χ3n) is 3.52. The van der Waals surface area contributed by atoms with Crippen molar-refractivity contribution in [2.75, 3.05) is 18.1 Å². The first-order valence-electron chi connectivity index (χ1n) is 7.46. The van der Waals surface area contributed by atoms with E-state index in [4.69, 9.17) is 4.74 Å².